The normalized spacial score (nSPS) is 18.5. The predicted molar refractivity (Wildman–Crippen MR) is 82.1 cm³/mol. The molecule has 0 spiro atoms. The van der Waals surface area contributed by atoms with E-state index in [0.717, 1.165) is 42.4 Å². The lowest BCUT2D eigenvalue weighted by molar-refractivity contribution is 0.116. The Morgan fingerprint density at radius 1 is 1.63 bits per heavy atom. The molecule has 2 heterocycles. The predicted octanol–water partition coefficient (Wildman–Crippen LogP) is 2.93. The zero-order valence-corrected chi connectivity index (χ0v) is 12.9. The maximum absolute atomic E-state index is 9.12. The number of thiophene rings is 1. The largest absolute Gasteiger partial charge is 0.396 e. The van der Waals surface area contributed by atoms with E-state index < -0.39 is 0 Å². The molecule has 0 amide bonds. The van der Waals surface area contributed by atoms with Gasteiger partial charge in [-0.25, -0.2) is 0 Å². The standard InChI is InChI=1S/C13H19N3OS2/c1-3-16(8-9-5-4-6-17-9)13-12(18-2)11(15)10(7-14)19-13/h9H,3-6,8,15H2,1-2H3. The van der Waals surface area contributed by atoms with Crippen molar-refractivity contribution in [1.29, 1.82) is 5.26 Å². The molecule has 1 aliphatic rings. The Hall–Kier alpha value is -0.900. The highest BCUT2D eigenvalue weighted by Gasteiger charge is 2.23. The number of likely N-dealkylation sites (N-methyl/N-ethyl adjacent to an activating group) is 1. The number of thioether (sulfide) groups is 1. The van der Waals surface area contributed by atoms with Gasteiger partial charge < -0.3 is 15.4 Å². The zero-order chi connectivity index (χ0) is 13.8. The third-order valence-electron chi connectivity index (χ3n) is 3.30. The molecule has 1 unspecified atom stereocenters. The second-order valence-electron chi connectivity index (χ2n) is 4.47. The zero-order valence-electron chi connectivity index (χ0n) is 11.3. The second kappa shape index (κ2) is 6.51. The summed E-state index contributed by atoms with van der Waals surface area (Å²) in [5, 5.41) is 10.2. The Morgan fingerprint density at radius 2 is 2.42 bits per heavy atom. The molecule has 2 rings (SSSR count). The number of ether oxygens (including phenoxy) is 1. The van der Waals surface area contributed by atoms with E-state index in [1.165, 1.54) is 11.3 Å². The van der Waals surface area contributed by atoms with Crippen molar-refractivity contribution in [1.82, 2.24) is 0 Å². The molecule has 0 bridgehead atoms. The molecule has 104 valence electrons. The van der Waals surface area contributed by atoms with Crippen molar-refractivity contribution in [2.24, 2.45) is 0 Å². The number of hydrogen-bond donors (Lipinski definition) is 1. The molecule has 1 aromatic rings. The number of hydrogen-bond acceptors (Lipinski definition) is 6. The van der Waals surface area contributed by atoms with E-state index in [1.54, 1.807) is 11.8 Å². The van der Waals surface area contributed by atoms with Crippen LogP contribution in [-0.4, -0.2) is 32.1 Å². The second-order valence-corrected chi connectivity index (χ2v) is 6.28. The van der Waals surface area contributed by atoms with Crippen LogP contribution < -0.4 is 10.6 Å². The van der Waals surface area contributed by atoms with Gasteiger partial charge in [0.15, 0.2) is 0 Å². The van der Waals surface area contributed by atoms with Crippen molar-refractivity contribution < 1.29 is 4.74 Å². The van der Waals surface area contributed by atoms with Gasteiger partial charge in [-0.2, -0.15) is 5.26 Å². The molecular weight excluding hydrogens is 278 g/mol. The molecule has 0 aliphatic carbocycles. The van der Waals surface area contributed by atoms with Gasteiger partial charge in [0.05, 0.1) is 16.7 Å². The van der Waals surface area contributed by atoms with Gasteiger partial charge in [0.2, 0.25) is 0 Å². The Labute approximate surface area is 122 Å². The summed E-state index contributed by atoms with van der Waals surface area (Å²) < 4.78 is 5.70. The summed E-state index contributed by atoms with van der Waals surface area (Å²) in [6.07, 6.45) is 4.58. The lowest BCUT2D eigenvalue weighted by Crippen LogP contribution is -2.31. The molecule has 1 aliphatic heterocycles. The summed E-state index contributed by atoms with van der Waals surface area (Å²) in [6, 6.07) is 2.19. The van der Waals surface area contributed by atoms with Gasteiger partial charge in [-0.3, -0.25) is 0 Å². The first-order valence-corrected chi connectivity index (χ1v) is 8.48. The molecule has 0 aromatic carbocycles. The quantitative estimate of drug-likeness (QED) is 0.847. The minimum Gasteiger partial charge on any atom is -0.396 e. The summed E-state index contributed by atoms with van der Waals surface area (Å²) in [4.78, 5) is 3.93. The van der Waals surface area contributed by atoms with E-state index in [1.807, 2.05) is 6.26 Å². The van der Waals surface area contributed by atoms with Crippen molar-refractivity contribution in [3.8, 4) is 6.07 Å². The Bertz CT molecular complexity index is 475. The highest BCUT2D eigenvalue weighted by Crippen LogP contribution is 2.43. The maximum atomic E-state index is 9.12. The summed E-state index contributed by atoms with van der Waals surface area (Å²) in [5.74, 6) is 0. The average molecular weight is 297 g/mol. The van der Waals surface area contributed by atoms with Crippen LogP contribution in [0.2, 0.25) is 0 Å². The molecule has 0 saturated carbocycles. The van der Waals surface area contributed by atoms with Crippen molar-refractivity contribution in [3.05, 3.63) is 4.88 Å². The summed E-state index contributed by atoms with van der Waals surface area (Å²) in [6.45, 7) is 4.78. The van der Waals surface area contributed by atoms with Gasteiger partial charge in [-0.1, -0.05) is 0 Å². The van der Waals surface area contributed by atoms with Crippen LogP contribution in [0.3, 0.4) is 0 Å². The Kier molecular flexibility index (Phi) is 4.97. The molecule has 1 fully saturated rings. The van der Waals surface area contributed by atoms with Crippen LogP contribution in [0.25, 0.3) is 0 Å². The van der Waals surface area contributed by atoms with E-state index in [2.05, 4.69) is 17.9 Å². The van der Waals surface area contributed by atoms with Crippen LogP contribution in [0.1, 0.15) is 24.6 Å². The van der Waals surface area contributed by atoms with Gasteiger partial charge in [0, 0.05) is 19.7 Å². The topological polar surface area (TPSA) is 62.3 Å². The molecule has 1 aromatic heterocycles. The third-order valence-corrected chi connectivity index (χ3v) is 5.43. The SMILES string of the molecule is CCN(CC1CCCO1)c1sc(C#N)c(N)c1SC. The summed E-state index contributed by atoms with van der Waals surface area (Å²) in [7, 11) is 0. The highest BCUT2D eigenvalue weighted by molar-refractivity contribution is 7.99. The first kappa shape index (κ1) is 14.5. The van der Waals surface area contributed by atoms with Crippen LogP contribution in [-0.2, 0) is 4.74 Å². The van der Waals surface area contributed by atoms with E-state index in [0.29, 0.717) is 16.7 Å². The van der Waals surface area contributed by atoms with Crippen molar-refractivity contribution in [3.63, 3.8) is 0 Å². The lowest BCUT2D eigenvalue weighted by Gasteiger charge is -2.25. The van der Waals surface area contributed by atoms with Crippen LogP contribution in [0.4, 0.5) is 10.7 Å². The Balaban J connectivity index is 2.24. The molecule has 1 atom stereocenters. The molecular formula is C13H19N3OS2. The van der Waals surface area contributed by atoms with Gasteiger partial charge in [-0.15, -0.1) is 23.1 Å². The number of nitriles is 1. The maximum Gasteiger partial charge on any atom is 0.131 e. The van der Waals surface area contributed by atoms with Gasteiger partial charge in [0.25, 0.3) is 0 Å². The fourth-order valence-electron chi connectivity index (χ4n) is 2.29. The highest BCUT2D eigenvalue weighted by atomic mass is 32.2. The van der Waals surface area contributed by atoms with Crippen LogP contribution in [0, 0.1) is 11.3 Å². The number of nitrogens with zero attached hydrogens (tertiary/aromatic N) is 2. The molecule has 4 nitrogen and oxygen atoms in total. The van der Waals surface area contributed by atoms with Crippen LogP contribution in [0.5, 0.6) is 0 Å². The van der Waals surface area contributed by atoms with Gasteiger partial charge in [0.1, 0.15) is 15.9 Å². The van der Waals surface area contributed by atoms with Crippen LogP contribution >= 0.6 is 23.1 Å². The fourth-order valence-corrected chi connectivity index (χ4v) is 4.35. The third kappa shape index (κ3) is 2.99. The van der Waals surface area contributed by atoms with E-state index in [-0.39, 0.29) is 0 Å². The first-order chi connectivity index (χ1) is 9.21. The monoisotopic (exact) mass is 297 g/mol. The minimum absolute atomic E-state index is 0.309. The number of nitrogens with two attached hydrogens (primary N) is 1. The van der Waals surface area contributed by atoms with Crippen molar-refractivity contribution in [2.45, 2.75) is 30.8 Å². The minimum atomic E-state index is 0.309. The van der Waals surface area contributed by atoms with Crippen LogP contribution in [0.15, 0.2) is 4.90 Å². The first-order valence-electron chi connectivity index (χ1n) is 6.44. The Morgan fingerprint density at radius 3 is 2.95 bits per heavy atom. The van der Waals surface area contributed by atoms with E-state index >= 15 is 0 Å². The molecule has 0 radical (unpaired) electrons. The molecule has 19 heavy (non-hydrogen) atoms. The average Bonchev–Trinajstić information content (AvgIpc) is 3.03. The smallest absolute Gasteiger partial charge is 0.131 e. The molecule has 1 saturated heterocycles. The van der Waals surface area contributed by atoms with E-state index in [4.69, 9.17) is 15.7 Å². The van der Waals surface area contributed by atoms with Gasteiger partial charge >= 0.3 is 0 Å². The molecule has 6 heteroatoms. The molecule has 2 N–H and O–H groups in total. The summed E-state index contributed by atoms with van der Waals surface area (Å²) in [5.41, 5.74) is 6.66. The number of nitrogen functional groups attached to an aromatic ring is 1. The van der Waals surface area contributed by atoms with Gasteiger partial charge in [-0.05, 0) is 26.0 Å². The summed E-state index contributed by atoms with van der Waals surface area (Å²) >= 11 is 3.10. The lowest BCUT2D eigenvalue weighted by atomic mass is 10.2. The van der Waals surface area contributed by atoms with E-state index in [9.17, 15) is 0 Å². The number of rotatable bonds is 5. The van der Waals surface area contributed by atoms with Crippen molar-refractivity contribution in [2.75, 3.05) is 36.6 Å². The number of anilines is 2. The van der Waals surface area contributed by atoms with Crippen molar-refractivity contribution >= 4 is 33.8 Å². The fraction of sp³-hybridized carbons (Fsp3) is 0.615.